The van der Waals surface area contributed by atoms with Gasteiger partial charge in [0.2, 0.25) is 0 Å². The lowest BCUT2D eigenvalue weighted by molar-refractivity contribution is -0.142. The van der Waals surface area contributed by atoms with Gasteiger partial charge in [-0.3, -0.25) is 14.5 Å². The summed E-state index contributed by atoms with van der Waals surface area (Å²) in [5, 5.41) is 2.74. The third-order valence-corrected chi connectivity index (χ3v) is 7.12. The van der Waals surface area contributed by atoms with Crippen molar-refractivity contribution in [1.29, 1.82) is 0 Å². The van der Waals surface area contributed by atoms with Gasteiger partial charge in [0.1, 0.15) is 19.2 Å². The van der Waals surface area contributed by atoms with Crippen LogP contribution < -0.4 is 10.2 Å². The molecule has 1 aliphatic heterocycles. The summed E-state index contributed by atoms with van der Waals surface area (Å²) in [7, 11) is 0. The monoisotopic (exact) mass is 524 g/mol. The number of thioether (sulfide) groups is 1. The number of amides is 2. The molecule has 36 heavy (non-hydrogen) atoms. The normalized spacial score (nSPS) is 17.1. The highest BCUT2D eigenvalue weighted by atomic mass is 35.5. The van der Waals surface area contributed by atoms with Crippen LogP contribution in [0.4, 0.5) is 10.5 Å². The number of fused-ring (bicyclic) bond motifs is 1. The van der Waals surface area contributed by atoms with E-state index in [1.807, 2.05) is 60.7 Å². The van der Waals surface area contributed by atoms with E-state index in [0.717, 1.165) is 11.1 Å². The maximum atomic E-state index is 13.9. The van der Waals surface area contributed by atoms with Crippen LogP contribution in [0.3, 0.4) is 0 Å². The van der Waals surface area contributed by atoms with Crippen LogP contribution in [0.15, 0.2) is 83.8 Å². The summed E-state index contributed by atoms with van der Waals surface area (Å²) in [5.41, 5.74) is 2.17. The zero-order chi connectivity index (χ0) is 25.5. The van der Waals surface area contributed by atoms with E-state index in [9.17, 15) is 14.4 Å². The lowest BCUT2D eigenvalue weighted by Crippen LogP contribution is -2.51. The molecule has 0 saturated heterocycles. The minimum atomic E-state index is -1.03. The summed E-state index contributed by atoms with van der Waals surface area (Å²) in [6.45, 7) is 1.63. The molecule has 0 unspecified atom stereocenters. The van der Waals surface area contributed by atoms with Crippen LogP contribution in [0.2, 0.25) is 5.02 Å². The summed E-state index contributed by atoms with van der Waals surface area (Å²) in [6.07, 6.45) is -0.737. The minimum absolute atomic E-state index is 0.0547. The smallest absolute Gasteiger partial charge is 0.408 e. The van der Waals surface area contributed by atoms with Crippen LogP contribution >= 0.6 is 23.4 Å². The number of carbonyl (C=O) groups is 3. The number of hydrogen-bond acceptors (Lipinski definition) is 6. The van der Waals surface area contributed by atoms with Crippen LogP contribution in [0.25, 0.3) is 0 Å². The fourth-order valence-corrected chi connectivity index (χ4v) is 5.48. The summed E-state index contributed by atoms with van der Waals surface area (Å²) in [4.78, 5) is 41.2. The Kier molecular flexibility index (Phi) is 8.51. The van der Waals surface area contributed by atoms with Gasteiger partial charge in [-0.15, -0.1) is 11.8 Å². The molecule has 1 N–H and O–H groups in total. The molecule has 9 heteroatoms. The second kappa shape index (κ2) is 12.0. The Bertz CT molecular complexity index is 1230. The van der Waals surface area contributed by atoms with Crippen molar-refractivity contribution in [1.82, 2.24) is 5.32 Å². The second-order valence-corrected chi connectivity index (χ2v) is 9.59. The molecule has 3 aromatic carbocycles. The van der Waals surface area contributed by atoms with E-state index >= 15 is 0 Å². The van der Waals surface area contributed by atoms with E-state index in [1.165, 1.54) is 16.7 Å². The SMILES string of the molecule is CCOC(=O)CN1C(=O)[C@@H](NC(=O)OCc2ccccc2)[C@@H](c2ccccc2)Sc2cc(Cl)ccc21. The molecule has 0 saturated carbocycles. The van der Waals surface area contributed by atoms with Crippen LogP contribution in [-0.4, -0.2) is 37.2 Å². The summed E-state index contributed by atoms with van der Waals surface area (Å²) in [6, 6.07) is 22.7. The molecule has 2 atom stereocenters. The van der Waals surface area contributed by atoms with Crippen molar-refractivity contribution >= 4 is 47.0 Å². The van der Waals surface area contributed by atoms with Gasteiger partial charge in [0.05, 0.1) is 17.5 Å². The summed E-state index contributed by atoms with van der Waals surface area (Å²) in [5.74, 6) is -1.01. The number of carbonyl (C=O) groups excluding carboxylic acids is 3. The van der Waals surface area contributed by atoms with Crippen LogP contribution in [-0.2, 0) is 25.7 Å². The molecule has 186 valence electrons. The molecule has 0 aromatic heterocycles. The first-order valence-corrected chi connectivity index (χ1v) is 12.7. The van der Waals surface area contributed by atoms with Gasteiger partial charge in [0.15, 0.2) is 0 Å². The van der Waals surface area contributed by atoms with E-state index < -0.39 is 29.3 Å². The van der Waals surface area contributed by atoms with Crippen LogP contribution in [0.1, 0.15) is 23.3 Å². The summed E-state index contributed by atoms with van der Waals surface area (Å²) < 4.78 is 10.5. The Morgan fingerprint density at radius 2 is 1.69 bits per heavy atom. The molecule has 4 rings (SSSR count). The van der Waals surface area contributed by atoms with E-state index in [4.69, 9.17) is 21.1 Å². The van der Waals surface area contributed by atoms with Gasteiger partial charge >= 0.3 is 12.1 Å². The fourth-order valence-electron chi connectivity index (χ4n) is 3.86. The molecule has 7 nitrogen and oxygen atoms in total. The van der Waals surface area contributed by atoms with Gasteiger partial charge in [-0.05, 0) is 36.2 Å². The number of nitrogens with one attached hydrogen (secondary N) is 1. The summed E-state index contributed by atoms with van der Waals surface area (Å²) >= 11 is 7.67. The van der Waals surface area contributed by atoms with Gasteiger partial charge in [-0.1, -0.05) is 72.3 Å². The van der Waals surface area contributed by atoms with Gasteiger partial charge in [-0.25, -0.2) is 4.79 Å². The first-order chi connectivity index (χ1) is 17.5. The largest absolute Gasteiger partial charge is 0.465 e. The van der Waals surface area contributed by atoms with E-state index in [-0.39, 0.29) is 19.8 Å². The van der Waals surface area contributed by atoms with Gasteiger partial charge in [0.25, 0.3) is 5.91 Å². The maximum absolute atomic E-state index is 13.9. The van der Waals surface area contributed by atoms with Crippen molar-refractivity contribution in [2.24, 2.45) is 0 Å². The highest BCUT2D eigenvalue weighted by Crippen LogP contribution is 2.46. The number of esters is 1. The second-order valence-electron chi connectivity index (χ2n) is 7.97. The number of hydrogen-bond donors (Lipinski definition) is 1. The molecule has 2 amide bonds. The average molecular weight is 525 g/mol. The number of rotatable bonds is 7. The minimum Gasteiger partial charge on any atom is -0.465 e. The molecule has 0 radical (unpaired) electrons. The van der Waals surface area contributed by atoms with Crippen molar-refractivity contribution in [3.63, 3.8) is 0 Å². The Labute approximate surface area is 218 Å². The Morgan fingerprint density at radius 3 is 2.39 bits per heavy atom. The zero-order valence-electron chi connectivity index (χ0n) is 19.6. The molecule has 0 fully saturated rings. The average Bonchev–Trinajstić information content (AvgIpc) is 2.99. The van der Waals surface area contributed by atoms with E-state index in [2.05, 4.69) is 5.32 Å². The maximum Gasteiger partial charge on any atom is 0.408 e. The number of anilines is 1. The third kappa shape index (κ3) is 6.19. The van der Waals surface area contributed by atoms with Gasteiger partial charge in [0, 0.05) is 9.92 Å². The van der Waals surface area contributed by atoms with Gasteiger partial charge < -0.3 is 14.8 Å². The predicted octanol–water partition coefficient (Wildman–Crippen LogP) is 5.38. The highest BCUT2D eigenvalue weighted by Gasteiger charge is 2.40. The van der Waals surface area contributed by atoms with E-state index in [0.29, 0.717) is 15.6 Å². The number of nitrogens with zero attached hydrogens (tertiary/aromatic N) is 1. The predicted molar refractivity (Wildman–Crippen MR) is 139 cm³/mol. The van der Waals surface area contributed by atoms with Crippen molar-refractivity contribution in [2.75, 3.05) is 18.1 Å². The molecule has 3 aromatic rings. The molecule has 0 spiro atoms. The van der Waals surface area contributed by atoms with E-state index in [1.54, 1.807) is 25.1 Å². The molecule has 0 bridgehead atoms. The molecular weight excluding hydrogens is 500 g/mol. The number of ether oxygens (including phenoxy) is 2. The lowest BCUT2D eigenvalue weighted by atomic mass is 10.0. The molecule has 1 heterocycles. The number of benzene rings is 3. The van der Waals surface area contributed by atoms with Crippen LogP contribution in [0, 0.1) is 0 Å². The topological polar surface area (TPSA) is 84.9 Å². The van der Waals surface area contributed by atoms with Crippen molar-refractivity contribution in [2.45, 2.75) is 29.7 Å². The molecule has 1 aliphatic rings. The molecular formula is C27H25ClN2O5S. The Morgan fingerprint density at radius 1 is 1.00 bits per heavy atom. The number of alkyl carbamates (subject to hydrolysis) is 1. The van der Waals surface area contributed by atoms with Crippen molar-refractivity contribution in [3.8, 4) is 0 Å². The van der Waals surface area contributed by atoms with Gasteiger partial charge in [-0.2, -0.15) is 0 Å². The lowest BCUT2D eigenvalue weighted by Gasteiger charge is -2.28. The number of halogens is 1. The Balaban J connectivity index is 1.68. The highest BCUT2D eigenvalue weighted by molar-refractivity contribution is 7.99. The first kappa shape index (κ1) is 25.6. The first-order valence-electron chi connectivity index (χ1n) is 11.4. The standard InChI is InChI=1S/C27H25ClN2O5S/c1-2-34-23(31)16-30-21-14-13-20(28)15-22(21)36-25(19-11-7-4-8-12-19)24(26(30)32)29-27(33)35-17-18-9-5-3-6-10-18/h3-15,24-25H,2,16-17H2,1H3,(H,29,33)/t24-,25+/m0/s1. The van der Waals surface area contributed by atoms with Crippen LogP contribution in [0.5, 0.6) is 0 Å². The zero-order valence-corrected chi connectivity index (χ0v) is 21.1. The fraction of sp³-hybridized carbons (Fsp3) is 0.222. The molecule has 0 aliphatic carbocycles. The Hall–Kier alpha value is -3.49. The van der Waals surface area contributed by atoms with Crippen molar-refractivity contribution in [3.05, 3.63) is 95.0 Å². The third-order valence-electron chi connectivity index (χ3n) is 5.51. The quantitative estimate of drug-likeness (QED) is 0.418. The van der Waals surface area contributed by atoms with Crippen molar-refractivity contribution < 1.29 is 23.9 Å².